The van der Waals surface area contributed by atoms with E-state index in [9.17, 15) is 9.59 Å². The molecule has 0 radical (unpaired) electrons. The molecular formula is C26H30N8O2. The third kappa shape index (κ3) is 4.01. The number of pyridine rings is 1. The molecule has 186 valence electrons. The standard InChI is InChI=1S/C26H30N8O2/c1-16-13-17(4-7-22(16)34-12-11-32-10-2-3-23(32)26(34)36)14-33-15-21(30-31-33)25(35)29-20-6-5-19-18(20)8-9-28-24(19)27/h4,7-9,13,15,20,23H,2-3,5-6,10-12,14H2,1H3,(H2,27,28)(H,29,35)/t20-,23?/m0/s1. The van der Waals surface area contributed by atoms with Crippen molar-refractivity contribution < 1.29 is 9.59 Å². The fraction of sp³-hybridized carbons (Fsp3) is 0.423. The molecule has 6 rings (SSSR count). The summed E-state index contributed by atoms with van der Waals surface area (Å²) in [5.41, 5.74) is 11.3. The Morgan fingerprint density at radius 2 is 2.08 bits per heavy atom. The summed E-state index contributed by atoms with van der Waals surface area (Å²) in [6.45, 7) is 5.21. The Labute approximate surface area is 209 Å². The first-order valence-corrected chi connectivity index (χ1v) is 12.6. The minimum absolute atomic E-state index is 0.0317. The van der Waals surface area contributed by atoms with E-state index in [1.165, 1.54) is 0 Å². The lowest BCUT2D eigenvalue weighted by atomic mass is 10.1. The number of nitrogen functional groups attached to an aromatic ring is 1. The van der Waals surface area contributed by atoms with Crippen molar-refractivity contribution >= 4 is 23.3 Å². The molecule has 2 aliphatic heterocycles. The van der Waals surface area contributed by atoms with E-state index < -0.39 is 0 Å². The third-order valence-electron chi connectivity index (χ3n) is 7.68. The number of anilines is 2. The van der Waals surface area contributed by atoms with Crippen LogP contribution in [0.15, 0.2) is 36.7 Å². The number of nitrogens with two attached hydrogens (primary N) is 1. The molecule has 2 aromatic heterocycles. The molecule has 2 saturated heterocycles. The van der Waals surface area contributed by atoms with Crippen molar-refractivity contribution in [3.8, 4) is 0 Å². The Morgan fingerprint density at radius 3 is 2.94 bits per heavy atom. The van der Waals surface area contributed by atoms with Gasteiger partial charge in [0.1, 0.15) is 5.82 Å². The molecule has 2 atom stereocenters. The maximum atomic E-state index is 13.0. The molecule has 10 nitrogen and oxygen atoms in total. The van der Waals surface area contributed by atoms with E-state index in [2.05, 4.69) is 31.6 Å². The SMILES string of the molecule is Cc1cc(Cn2cc(C(=O)N[C@H]3CCc4c3ccnc4N)nn2)ccc1N1CCN2CCCC2C1=O. The van der Waals surface area contributed by atoms with Crippen LogP contribution in [0.2, 0.25) is 0 Å². The van der Waals surface area contributed by atoms with E-state index in [0.29, 0.717) is 12.4 Å². The number of nitrogens with zero attached hydrogens (tertiary/aromatic N) is 6. The Kier molecular flexibility index (Phi) is 5.67. The normalized spacial score (nSPS) is 21.5. The van der Waals surface area contributed by atoms with E-state index in [1.54, 1.807) is 17.1 Å². The van der Waals surface area contributed by atoms with Crippen LogP contribution >= 0.6 is 0 Å². The number of rotatable bonds is 5. The van der Waals surface area contributed by atoms with Gasteiger partial charge in [-0.1, -0.05) is 17.3 Å². The topological polar surface area (TPSA) is 122 Å². The lowest BCUT2D eigenvalue weighted by Crippen LogP contribution is -2.54. The van der Waals surface area contributed by atoms with Gasteiger partial charge in [0.25, 0.3) is 5.91 Å². The first kappa shape index (κ1) is 22.7. The molecular weight excluding hydrogens is 456 g/mol. The average molecular weight is 487 g/mol. The number of carbonyl (C=O) groups excluding carboxylic acids is 2. The van der Waals surface area contributed by atoms with E-state index in [-0.39, 0.29) is 29.6 Å². The van der Waals surface area contributed by atoms with Crippen molar-refractivity contribution in [3.05, 3.63) is 64.6 Å². The fourth-order valence-electron chi connectivity index (χ4n) is 5.87. The number of aromatic nitrogens is 4. The van der Waals surface area contributed by atoms with Crippen molar-refractivity contribution in [1.82, 2.24) is 30.2 Å². The third-order valence-corrected chi connectivity index (χ3v) is 7.68. The molecule has 0 bridgehead atoms. The van der Waals surface area contributed by atoms with Gasteiger partial charge in [-0.3, -0.25) is 14.5 Å². The number of fused-ring (bicyclic) bond motifs is 2. The van der Waals surface area contributed by atoms with Gasteiger partial charge in [0.15, 0.2) is 5.69 Å². The summed E-state index contributed by atoms with van der Waals surface area (Å²) >= 11 is 0. The van der Waals surface area contributed by atoms with Crippen LogP contribution in [0.4, 0.5) is 11.5 Å². The summed E-state index contributed by atoms with van der Waals surface area (Å²) in [6.07, 6.45) is 6.97. The quantitative estimate of drug-likeness (QED) is 0.564. The lowest BCUT2D eigenvalue weighted by molar-refractivity contribution is -0.124. The zero-order valence-electron chi connectivity index (χ0n) is 20.4. The molecule has 0 saturated carbocycles. The molecule has 3 aliphatic rings. The number of carbonyl (C=O) groups is 2. The van der Waals surface area contributed by atoms with Gasteiger partial charge >= 0.3 is 0 Å². The van der Waals surface area contributed by atoms with Crippen molar-refractivity contribution in [2.24, 2.45) is 0 Å². The Hall–Kier alpha value is -3.79. The van der Waals surface area contributed by atoms with Crippen LogP contribution in [0.1, 0.15) is 58.0 Å². The van der Waals surface area contributed by atoms with Gasteiger partial charge in [0.2, 0.25) is 5.91 Å². The number of aryl methyl sites for hydroxylation is 1. The van der Waals surface area contributed by atoms with E-state index in [1.807, 2.05) is 30.0 Å². The van der Waals surface area contributed by atoms with Gasteiger partial charge in [-0.15, -0.1) is 5.10 Å². The molecule has 1 aromatic carbocycles. The monoisotopic (exact) mass is 486 g/mol. The highest BCUT2D eigenvalue weighted by molar-refractivity contribution is 5.98. The molecule has 1 unspecified atom stereocenters. The first-order valence-electron chi connectivity index (χ1n) is 12.6. The average Bonchev–Trinajstić information content (AvgIpc) is 3.61. The Bertz CT molecular complexity index is 1340. The summed E-state index contributed by atoms with van der Waals surface area (Å²) in [6, 6.07) is 7.96. The number of amides is 2. The molecule has 0 spiro atoms. The second-order valence-electron chi connectivity index (χ2n) is 9.93. The number of benzene rings is 1. The molecule has 10 heteroatoms. The van der Waals surface area contributed by atoms with Crippen molar-refractivity contribution in [1.29, 1.82) is 0 Å². The predicted molar refractivity (Wildman–Crippen MR) is 134 cm³/mol. The van der Waals surface area contributed by atoms with E-state index >= 15 is 0 Å². The van der Waals surface area contributed by atoms with Crippen LogP contribution < -0.4 is 16.0 Å². The molecule has 3 aromatic rings. The summed E-state index contributed by atoms with van der Waals surface area (Å²) in [5, 5.41) is 11.3. The largest absolute Gasteiger partial charge is 0.383 e. The molecule has 3 N–H and O–H groups in total. The fourth-order valence-corrected chi connectivity index (χ4v) is 5.87. The van der Waals surface area contributed by atoms with E-state index in [0.717, 1.165) is 73.3 Å². The second-order valence-corrected chi connectivity index (χ2v) is 9.93. The van der Waals surface area contributed by atoms with Crippen molar-refractivity contribution in [2.45, 2.75) is 51.2 Å². The van der Waals surface area contributed by atoms with Gasteiger partial charge in [0, 0.05) is 25.0 Å². The number of piperazine rings is 1. The molecule has 2 amide bonds. The predicted octanol–water partition coefficient (Wildman–Crippen LogP) is 1.84. The van der Waals surface area contributed by atoms with Gasteiger partial charge in [-0.2, -0.15) is 0 Å². The van der Waals surface area contributed by atoms with Gasteiger partial charge in [-0.25, -0.2) is 9.67 Å². The van der Waals surface area contributed by atoms with Gasteiger partial charge in [0.05, 0.1) is 24.8 Å². The highest BCUT2D eigenvalue weighted by atomic mass is 16.2. The Morgan fingerprint density at radius 1 is 1.19 bits per heavy atom. The summed E-state index contributed by atoms with van der Waals surface area (Å²) in [4.78, 5) is 34.2. The number of hydrogen-bond acceptors (Lipinski definition) is 7. The summed E-state index contributed by atoms with van der Waals surface area (Å²) in [7, 11) is 0. The highest BCUT2D eigenvalue weighted by Crippen LogP contribution is 2.33. The smallest absolute Gasteiger partial charge is 0.273 e. The van der Waals surface area contributed by atoms with Crippen LogP contribution in [0.3, 0.4) is 0 Å². The number of hydrogen-bond donors (Lipinski definition) is 2. The van der Waals surface area contributed by atoms with Gasteiger partial charge < -0.3 is 16.0 Å². The van der Waals surface area contributed by atoms with E-state index in [4.69, 9.17) is 5.73 Å². The zero-order valence-corrected chi connectivity index (χ0v) is 20.4. The molecule has 1 aliphatic carbocycles. The minimum Gasteiger partial charge on any atom is -0.383 e. The maximum Gasteiger partial charge on any atom is 0.273 e. The summed E-state index contributed by atoms with van der Waals surface area (Å²) < 4.78 is 1.66. The molecule has 2 fully saturated rings. The van der Waals surface area contributed by atoms with Crippen LogP contribution in [-0.2, 0) is 17.8 Å². The Balaban J connectivity index is 1.12. The minimum atomic E-state index is -0.259. The maximum absolute atomic E-state index is 13.0. The molecule has 4 heterocycles. The second kappa shape index (κ2) is 9.02. The lowest BCUT2D eigenvalue weighted by Gasteiger charge is -2.37. The van der Waals surface area contributed by atoms with Crippen LogP contribution in [-0.4, -0.2) is 62.4 Å². The van der Waals surface area contributed by atoms with Crippen molar-refractivity contribution in [3.63, 3.8) is 0 Å². The van der Waals surface area contributed by atoms with Crippen molar-refractivity contribution in [2.75, 3.05) is 30.3 Å². The van der Waals surface area contributed by atoms with Crippen LogP contribution in [0.5, 0.6) is 0 Å². The summed E-state index contributed by atoms with van der Waals surface area (Å²) in [5.74, 6) is 0.484. The molecule has 36 heavy (non-hydrogen) atoms. The van der Waals surface area contributed by atoms with Gasteiger partial charge in [-0.05, 0) is 73.5 Å². The first-order chi connectivity index (χ1) is 17.5. The van der Waals surface area contributed by atoms with Crippen LogP contribution in [0, 0.1) is 6.92 Å². The number of nitrogens with one attached hydrogen (secondary N) is 1. The van der Waals surface area contributed by atoms with Crippen LogP contribution in [0.25, 0.3) is 0 Å². The zero-order chi connectivity index (χ0) is 24.8. The highest BCUT2D eigenvalue weighted by Gasteiger charge is 2.38.